The maximum absolute atomic E-state index is 12.3. The average Bonchev–Trinajstić information content (AvgIpc) is 2.65. The summed E-state index contributed by atoms with van der Waals surface area (Å²) in [6, 6.07) is 10.0. The van der Waals surface area contributed by atoms with Crippen molar-refractivity contribution in [1.82, 2.24) is 15.1 Å². The van der Waals surface area contributed by atoms with Crippen molar-refractivity contribution in [3.8, 4) is 0 Å². The molecule has 0 saturated carbocycles. The minimum absolute atomic E-state index is 0. The number of hydrogen-bond acceptors (Lipinski definition) is 2. The van der Waals surface area contributed by atoms with Gasteiger partial charge in [0.15, 0.2) is 5.96 Å². The standard InChI is InChI=1S/C21H34N4O.HI/c1-5-6-7-8-12-17-24(3)21(22-2)23-16-15-20(26)25(4)18-19-13-10-9-11-14-19;/h5,9-11,13-14H,1,6-8,12,15-18H2,2-4H3,(H,22,23);1H. The van der Waals surface area contributed by atoms with Crippen LogP contribution in [0.15, 0.2) is 48.0 Å². The van der Waals surface area contributed by atoms with Gasteiger partial charge in [-0.05, 0) is 24.8 Å². The van der Waals surface area contributed by atoms with Crippen LogP contribution in [0.25, 0.3) is 0 Å². The summed E-state index contributed by atoms with van der Waals surface area (Å²) in [6.07, 6.45) is 7.01. The highest BCUT2D eigenvalue weighted by Crippen LogP contribution is 2.04. The first kappa shape index (κ1) is 25.4. The highest BCUT2D eigenvalue weighted by molar-refractivity contribution is 14.0. The molecule has 152 valence electrons. The van der Waals surface area contributed by atoms with Crippen LogP contribution in [-0.4, -0.2) is 55.9 Å². The molecule has 0 unspecified atom stereocenters. The molecule has 0 atom stereocenters. The van der Waals surface area contributed by atoms with E-state index < -0.39 is 0 Å². The van der Waals surface area contributed by atoms with E-state index in [-0.39, 0.29) is 29.9 Å². The minimum atomic E-state index is 0. The summed E-state index contributed by atoms with van der Waals surface area (Å²) in [7, 11) is 5.66. The van der Waals surface area contributed by atoms with Crippen LogP contribution < -0.4 is 5.32 Å². The normalized spacial score (nSPS) is 10.7. The quantitative estimate of drug-likeness (QED) is 0.170. The molecule has 1 N–H and O–H groups in total. The molecule has 27 heavy (non-hydrogen) atoms. The van der Waals surface area contributed by atoms with Crippen molar-refractivity contribution >= 4 is 35.8 Å². The molecular weight excluding hydrogens is 451 g/mol. The lowest BCUT2D eigenvalue weighted by atomic mass is 10.2. The molecule has 0 spiro atoms. The molecule has 0 aromatic heterocycles. The van der Waals surface area contributed by atoms with Gasteiger partial charge in [-0.25, -0.2) is 0 Å². The van der Waals surface area contributed by atoms with Crippen LogP contribution in [0.4, 0.5) is 0 Å². The van der Waals surface area contributed by atoms with Gasteiger partial charge in [-0.3, -0.25) is 9.79 Å². The topological polar surface area (TPSA) is 47.9 Å². The van der Waals surface area contributed by atoms with Crippen molar-refractivity contribution in [2.24, 2.45) is 4.99 Å². The second-order valence-corrected chi connectivity index (χ2v) is 6.52. The third kappa shape index (κ3) is 11.0. The SMILES string of the molecule is C=CCCCCCN(C)C(=NC)NCCC(=O)N(C)Cc1ccccc1.I. The van der Waals surface area contributed by atoms with Crippen LogP contribution in [-0.2, 0) is 11.3 Å². The van der Waals surface area contributed by atoms with Crippen LogP contribution in [0.3, 0.4) is 0 Å². The van der Waals surface area contributed by atoms with Gasteiger partial charge < -0.3 is 15.1 Å². The van der Waals surface area contributed by atoms with Crippen LogP contribution in [0.5, 0.6) is 0 Å². The summed E-state index contributed by atoms with van der Waals surface area (Å²) in [5.41, 5.74) is 1.14. The summed E-state index contributed by atoms with van der Waals surface area (Å²) in [6.45, 7) is 5.93. The number of allylic oxidation sites excluding steroid dienone is 1. The number of amides is 1. The largest absolute Gasteiger partial charge is 0.356 e. The number of hydrogen-bond donors (Lipinski definition) is 1. The number of halogens is 1. The van der Waals surface area contributed by atoms with Gasteiger partial charge in [-0.15, -0.1) is 30.6 Å². The van der Waals surface area contributed by atoms with E-state index in [9.17, 15) is 4.79 Å². The zero-order valence-electron chi connectivity index (χ0n) is 17.0. The molecule has 0 radical (unpaired) electrons. The molecule has 1 aromatic carbocycles. The van der Waals surface area contributed by atoms with Crippen LogP contribution in [0.2, 0.25) is 0 Å². The number of aliphatic imine (C=N–C) groups is 1. The fourth-order valence-electron chi connectivity index (χ4n) is 2.72. The van der Waals surface area contributed by atoms with E-state index in [2.05, 4.69) is 21.8 Å². The van der Waals surface area contributed by atoms with Crippen LogP contribution >= 0.6 is 24.0 Å². The Labute approximate surface area is 181 Å². The third-order valence-electron chi connectivity index (χ3n) is 4.29. The van der Waals surface area contributed by atoms with Gasteiger partial charge >= 0.3 is 0 Å². The van der Waals surface area contributed by atoms with E-state index in [4.69, 9.17) is 0 Å². The Hall–Kier alpha value is -1.57. The maximum Gasteiger partial charge on any atom is 0.224 e. The molecule has 0 aliphatic rings. The molecule has 6 heteroatoms. The third-order valence-corrected chi connectivity index (χ3v) is 4.29. The molecule has 0 fully saturated rings. The van der Waals surface area contributed by atoms with E-state index in [1.807, 2.05) is 50.5 Å². The molecular formula is C21H35IN4O. The van der Waals surface area contributed by atoms with Crippen LogP contribution in [0.1, 0.15) is 37.7 Å². The number of benzene rings is 1. The maximum atomic E-state index is 12.3. The minimum Gasteiger partial charge on any atom is -0.356 e. The highest BCUT2D eigenvalue weighted by Gasteiger charge is 2.10. The number of carbonyl (C=O) groups is 1. The highest BCUT2D eigenvalue weighted by atomic mass is 127. The van der Waals surface area contributed by atoms with Crippen LogP contribution in [0, 0.1) is 0 Å². The summed E-state index contributed by atoms with van der Waals surface area (Å²) >= 11 is 0. The van der Waals surface area contributed by atoms with Crippen molar-refractivity contribution in [2.45, 2.75) is 38.6 Å². The molecule has 0 heterocycles. The van der Waals surface area contributed by atoms with Gasteiger partial charge in [-0.2, -0.15) is 0 Å². The zero-order chi connectivity index (χ0) is 19.2. The van der Waals surface area contributed by atoms with E-state index in [1.165, 1.54) is 12.8 Å². The second kappa shape index (κ2) is 15.5. The van der Waals surface area contributed by atoms with E-state index in [0.717, 1.165) is 30.9 Å². The molecule has 0 aliphatic carbocycles. The van der Waals surface area contributed by atoms with E-state index >= 15 is 0 Å². The first-order valence-electron chi connectivity index (χ1n) is 9.39. The van der Waals surface area contributed by atoms with Gasteiger partial charge in [0.05, 0.1) is 0 Å². The average molecular weight is 486 g/mol. The molecule has 5 nitrogen and oxygen atoms in total. The summed E-state index contributed by atoms with van der Waals surface area (Å²) < 4.78 is 0. The Kier molecular flexibility index (Phi) is 14.6. The number of unbranched alkanes of at least 4 members (excludes halogenated alkanes) is 3. The zero-order valence-corrected chi connectivity index (χ0v) is 19.3. The molecule has 1 rings (SSSR count). The Morgan fingerprint density at radius 2 is 1.85 bits per heavy atom. The Bertz CT molecular complexity index is 563. The molecule has 1 amide bonds. The molecule has 0 saturated heterocycles. The molecule has 1 aromatic rings. The Morgan fingerprint density at radius 1 is 1.15 bits per heavy atom. The number of carbonyl (C=O) groups excluding carboxylic acids is 1. The van der Waals surface area contributed by atoms with Crippen molar-refractivity contribution in [1.29, 1.82) is 0 Å². The lowest BCUT2D eigenvalue weighted by Gasteiger charge is -2.23. The van der Waals surface area contributed by atoms with Crippen molar-refractivity contribution in [3.05, 3.63) is 48.6 Å². The lowest BCUT2D eigenvalue weighted by molar-refractivity contribution is -0.130. The number of nitrogens with zero attached hydrogens (tertiary/aromatic N) is 3. The number of rotatable bonds is 11. The van der Waals surface area contributed by atoms with Crippen molar-refractivity contribution in [3.63, 3.8) is 0 Å². The van der Waals surface area contributed by atoms with Crippen molar-refractivity contribution in [2.75, 3.05) is 34.2 Å². The first-order valence-corrected chi connectivity index (χ1v) is 9.39. The van der Waals surface area contributed by atoms with Gasteiger partial charge in [-0.1, -0.05) is 42.8 Å². The monoisotopic (exact) mass is 486 g/mol. The van der Waals surface area contributed by atoms with Crippen molar-refractivity contribution < 1.29 is 4.79 Å². The summed E-state index contributed by atoms with van der Waals surface area (Å²) in [5, 5.41) is 3.28. The Balaban J connectivity index is 0.00000676. The Morgan fingerprint density at radius 3 is 2.48 bits per heavy atom. The predicted octanol–water partition coefficient (Wildman–Crippen LogP) is 3.91. The predicted molar refractivity (Wildman–Crippen MR) is 126 cm³/mol. The van der Waals surface area contributed by atoms with Gasteiger partial charge in [0.2, 0.25) is 5.91 Å². The lowest BCUT2D eigenvalue weighted by Crippen LogP contribution is -2.41. The molecule has 0 aliphatic heterocycles. The fraction of sp³-hybridized carbons (Fsp3) is 0.524. The van der Waals surface area contributed by atoms with E-state index in [1.54, 1.807) is 11.9 Å². The summed E-state index contributed by atoms with van der Waals surface area (Å²) in [4.78, 5) is 20.5. The fourth-order valence-corrected chi connectivity index (χ4v) is 2.72. The van der Waals surface area contributed by atoms with E-state index in [0.29, 0.717) is 19.5 Å². The smallest absolute Gasteiger partial charge is 0.224 e. The molecule has 0 bridgehead atoms. The number of nitrogens with one attached hydrogen (secondary N) is 1. The first-order chi connectivity index (χ1) is 12.6. The van der Waals surface area contributed by atoms with Gasteiger partial charge in [0, 0.05) is 47.2 Å². The van der Waals surface area contributed by atoms with Gasteiger partial charge in [0.25, 0.3) is 0 Å². The second-order valence-electron chi connectivity index (χ2n) is 6.52. The summed E-state index contributed by atoms with van der Waals surface area (Å²) in [5.74, 6) is 0.969. The van der Waals surface area contributed by atoms with Gasteiger partial charge in [0.1, 0.15) is 0 Å². The number of guanidine groups is 1.